The summed E-state index contributed by atoms with van der Waals surface area (Å²) in [5, 5.41) is 3.91. The van der Waals surface area contributed by atoms with E-state index in [-0.39, 0.29) is 5.54 Å². The highest BCUT2D eigenvalue weighted by Gasteiger charge is 2.25. The fourth-order valence-electron chi connectivity index (χ4n) is 2.24. The van der Waals surface area contributed by atoms with Crippen molar-refractivity contribution in [3.8, 4) is 5.75 Å². The Labute approximate surface area is 154 Å². The number of hydrogen-bond acceptors (Lipinski definition) is 3. The zero-order valence-corrected chi connectivity index (χ0v) is 19.2. The average Bonchev–Trinajstić information content (AvgIpc) is 2.33. The molecule has 0 saturated carbocycles. The van der Waals surface area contributed by atoms with Crippen LogP contribution in [0.5, 0.6) is 5.75 Å². The van der Waals surface area contributed by atoms with Gasteiger partial charge in [0, 0.05) is 11.1 Å². The van der Waals surface area contributed by atoms with E-state index in [1.165, 1.54) is 0 Å². The van der Waals surface area contributed by atoms with Gasteiger partial charge < -0.3 is 14.5 Å². The number of benzene rings is 1. The van der Waals surface area contributed by atoms with E-state index >= 15 is 0 Å². The predicted octanol–water partition coefficient (Wildman–Crippen LogP) is 4.94. The third-order valence-corrected chi connectivity index (χ3v) is 6.08. The lowest BCUT2D eigenvalue weighted by Crippen LogP contribution is -2.44. The molecule has 1 N–H and O–H groups in total. The topological polar surface area (TPSA) is 47.6 Å². The molecule has 1 aromatic rings. The number of amides is 1. The molecule has 0 unspecified atom stereocenters. The van der Waals surface area contributed by atoms with Gasteiger partial charge in [-0.25, -0.2) is 4.79 Å². The molecule has 6 heteroatoms. The second-order valence-corrected chi connectivity index (χ2v) is 18.8. The van der Waals surface area contributed by atoms with Crippen LogP contribution in [0, 0.1) is 0 Å². The van der Waals surface area contributed by atoms with Crippen molar-refractivity contribution >= 4 is 33.4 Å². The van der Waals surface area contributed by atoms with Crippen molar-refractivity contribution in [2.24, 2.45) is 0 Å². The number of carbonyl (C=O) groups excluding carboxylic acids is 1. The van der Waals surface area contributed by atoms with Gasteiger partial charge in [0.2, 0.25) is 8.32 Å². The van der Waals surface area contributed by atoms with Crippen molar-refractivity contribution < 1.29 is 14.0 Å². The molecule has 0 bridgehead atoms. The summed E-state index contributed by atoms with van der Waals surface area (Å²) in [6, 6.07) is 5.82. The molecule has 1 amide bonds. The van der Waals surface area contributed by atoms with Crippen LogP contribution in [0.3, 0.4) is 0 Å². The Morgan fingerprint density at radius 2 is 1.64 bits per heavy atom. The zero-order chi connectivity index (χ0) is 19.6. The maximum atomic E-state index is 12.2. The van der Waals surface area contributed by atoms with E-state index in [9.17, 15) is 4.79 Å². The first-order valence-corrected chi connectivity index (χ1v) is 15.5. The third-order valence-electron chi connectivity index (χ3n) is 3.22. The van der Waals surface area contributed by atoms with Crippen LogP contribution in [-0.2, 0) is 4.43 Å². The zero-order valence-electron chi connectivity index (χ0n) is 17.2. The summed E-state index contributed by atoms with van der Waals surface area (Å²) in [6.07, 6.45) is -0.433. The summed E-state index contributed by atoms with van der Waals surface area (Å²) in [5.41, 5.74) is 0.610. The molecule has 0 aromatic heterocycles. The Kier molecular flexibility index (Phi) is 6.34. The van der Waals surface area contributed by atoms with Gasteiger partial charge in [-0.2, -0.15) is 0 Å². The lowest BCUT2D eigenvalue weighted by Gasteiger charge is -2.25. The van der Waals surface area contributed by atoms with E-state index in [4.69, 9.17) is 9.16 Å². The van der Waals surface area contributed by atoms with Crippen molar-refractivity contribution in [2.75, 3.05) is 0 Å². The van der Waals surface area contributed by atoms with E-state index in [0.29, 0.717) is 11.5 Å². The third kappa shape index (κ3) is 7.48. The highest BCUT2D eigenvalue weighted by atomic mass is 28.4. The fraction of sp³-hybridized carbons (Fsp3) is 0.526. The first-order valence-electron chi connectivity index (χ1n) is 8.61. The molecule has 0 fully saturated rings. The number of rotatable bonds is 5. The fourth-order valence-corrected chi connectivity index (χ4v) is 4.56. The lowest BCUT2D eigenvalue weighted by atomic mass is 10.1. The van der Waals surface area contributed by atoms with E-state index in [0.717, 1.165) is 10.8 Å². The maximum absolute atomic E-state index is 12.2. The van der Waals surface area contributed by atoms with Crippen molar-refractivity contribution in [3.63, 3.8) is 0 Å². The van der Waals surface area contributed by atoms with Gasteiger partial charge in [0.1, 0.15) is 11.5 Å². The van der Waals surface area contributed by atoms with Crippen LogP contribution in [0.25, 0.3) is 5.76 Å². The smallest absolute Gasteiger partial charge is 0.412 e. The molecule has 1 aromatic carbocycles. The monoisotopic (exact) mass is 379 g/mol. The normalized spacial score (nSPS) is 12.5. The number of nitrogens with one attached hydrogen (secondary N) is 1. The first-order chi connectivity index (χ1) is 11.1. The molecule has 0 heterocycles. The Balaban J connectivity index is 3.16. The number of ether oxygens (including phenoxy) is 1. The summed E-state index contributed by atoms with van der Waals surface area (Å²) < 4.78 is 11.6. The Morgan fingerprint density at radius 1 is 1.08 bits per heavy atom. The van der Waals surface area contributed by atoms with Crippen LogP contribution >= 0.6 is 0 Å². The molecule has 1 rings (SSSR count). The molecule has 0 aliphatic rings. The van der Waals surface area contributed by atoms with Crippen LogP contribution in [0.1, 0.15) is 26.3 Å². The van der Waals surface area contributed by atoms with Gasteiger partial charge in [0.25, 0.3) is 0 Å². The second-order valence-electron chi connectivity index (χ2n) is 9.36. The van der Waals surface area contributed by atoms with E-state index in [2.05, 4.69) is 57.2 Å². The quantitative estimate of drug-likeness (QED) is 0.582. The van der Waals surface area contributed by atoms with Crippen LogP contribution in [-0.4, -0.2) is 28.0 Å². The van der Waals surface area contributed by atoms with Gasteiger partial charge in [-0.15, -0.1) is 0 Å². The molecule has 0 atom stereocenters. The van der Waals surface area contributed by atoms with Gasteiger partial charge in [-0.05, 0) is 63.8 Å². The molecular weight excluding hydrogens is 346 g/mol. The highest BCUT2D eigenvalue weighted by Crippen LogP contribution is 2.23. The summed E-state index contributed by atoms with van der Waals surface area (Å²) in [6.45, 7) is 22.9. The molecule has 140 valence electrons. The minimum atomic E-state index is -1.73. The van der Waals surface area contributed by atoms with Gasteiger partial charge in [0.15, 0.2) is 0 Å². The van der Waals surface area contributed by atoms with E-state index < -0.39 is 22.5 Å². The minimum Gasteiger partial charge on any atom is -0.544 e. The molecule has 0 aliphatic heterocycles. The number of carbonyl (C=O) groups is 1. The summed E-state index contributed by atoms with van der Waals surface area (Å²) in [5.74, 6) is 1.30. The highest BCUT2D eigenvalue weighted by molar-refractivity contribution is 6.89. The van der Waals surface area contributed by atoms with Crippen LogP contribution in [0.15, 0.2) is 24.8 Å². The SMILES string of the molecule is C=C(O[Si](C)(C)C)c1ccc(OC(=O)NC(C)(C)C)c([Si](C)(C)C)c1. The molecule has 25 heavy (non-hydrogen) atoms. The van der Waals surface area contributed by atoms with E-state index in [1.807, 2.05) is 32.9 Å². The van der Waals surface area contributed by atoms with Crippen LogP contribution in [0.4, 0.5) is 4.79 Å². The Hall–Kier alpha value is -1.54. The van der Waals surface area contributed by atoms with Crippen molar-refractivity contribution in [3.05, 3.63) is 30.3 Å². The maximum Gasteiger partial charge on any atom is 0.412 e. The largest absolute Gasteiger partial charge is 0.544 e. The number of hydrogen-bond donors (Lipinski definition) is 1. The van der Waals surface area contributed by atoms with Crippen molar-refractivity contribution in [1.82, 2.24) is 5.32 Å². The Morgan fingerprint density at radius 3 is 2.08 bits per heavy atom. The van der Waals surface area contributed by atoms with Gasteiger partial charge in [-0.3, -0.25) is 0 Å². The summed E-state index contributed by atoms with van der Waals surface area (Å²) >= 11 is 0. The van der Waals surface area contributed by atoms with Crippen LogP contribution in [0.2, 0.25) is 39.3 Å². The first kappa shape index (κ1) is 21.5. The Bertz CT molecular complexity index is 650. The van der Waals surface area contributed by atoms with Crippen LogP contribution < -0.4 is 15.2 Å². The average molecular weight is 380 g/mol. The molecular formula is C19H33NO3Si2. The van der Waals surface area contributed by atoms with Crippen molar-refractivity contribution in [2.45, 2.75) is 65.6 Å². The standard InChI is InChI=1S/C19H33NO3Si2/c1-14(23-25(8,9)10)15-11-12-16(17(13-15)24(5,6)7)22-18(21)20-19(2,3)4/h11-13H,1H2,2-10H3,(H,20,21). The second kappa shape index (κ2) is 7.37. The molecule has 0 saturated heterocycles. The minimum absolute atomic E-state index is 0.337. The van der Waals surface area contributed by atoms with E-state index in [1.54, 1.807) is 0 Å². The summed E-state index contributed by atoms with van der Waals surface area (Å²) in [4.78, 5) is 12.2. The molecule has 4 nitrogen and oxygen atoms in total. The molecule has 0 spiro atoms. The lowest BCUT2D eigenvalue weighted by molar-refractivity contribution is 0.191. The van der Waals surface area contributed by atoms with Gasteiger partial charge in [-0.1, -0.05) is 26.2 Å². The van der Waals surface area contributed by atoms with Gasteiger partial charge >= 0.3 is 6.09 Å². The van der Waals surface area contributed by atoms with Crippen molar-refractivity contribution in [1.29, 1.82) is 0 Å². The molecule has 0 radical (unpaired) electrons. The van der Waals surface area contributed by atoms with Gasteiger partial charge in [0.05, 0.1) is 8.07 Å². The predicted molar refractivity (Wildman–Crippen MR) is 112 cm³/mol. The molecule has 0 aliphatic carbocycles. The summed E-state index contributed by atoms with van der Waals surface area (Å²) in [7, 11) is -3.45.